The van der Waals surface area contributed by atoms with Crippen LogP contribution in [0, 0.1) is 0 Å². The highest BCUT2D eigenvalue weighted by molar-refractivity contribution is 7.86. The molecule has 2 aromatic rings. The largest absolute Gasteiger partial charge is 0.267 e. The number of benzene rings is 2. The van der Waals surface area contributed by atoms with Crippen molar-refractivity contribution in [3.63, 3.8) is 0 Å². The van der Waals surface area contributed by atoms with Crippen molar-refractivity contribution in [3.05, 3.63) is 71.8 Å². The Morgan fingerprint density at radius 2 is 1.36 bits per heavy atom. The summed E-state index contributed by atoms with van der Waals surface area (Å²) in [7, 11) is -3.48. The lowest BCUT2D eigenvalue weighted by molar-refractivity contribution is 0.219. The summed E-state index contributed by atoms with van der Waals surface area (Å²) in [4.78, 5) is 0. The Morgan fingerprint density at radius 1 is 0.864 bits per heavy atom. The van der Waals surface area contributed by atoms with Crippen molar-refractivity contribution >= 4 is 10.1 Å². The minimum absolute atomic E-state index is 0.0205. The third kappa shape index (κ3) is 6.00. The Morgan fingerprint density at radius 3 is 1.91 bits per heavy atom. The van der Waals surface area contributed by atoms with Crippen LogP contribution in [-0.4, -0.2) is 20.3 Å². The van der Waals surface area contributed by atoms with Crippen LogP contribution in [0.15, 0.2) is 60.7 Å². The number of hydrogen-bond acceptors (Lipinski definition) is 3. The van der Waals surface area contributed by atoms with Gasteiger partial charge in [-0.15, -0.1) is 0 Å². The second-order valence-corrected chi connectivity index (χ2v) is 7.14. The highest BCUT2D eigenvalue weighted by atomic mass is 32.2. The van der Waals surface area contributed by atoms with Crippen molar-refractivity contribution in [2.24, 2.45) is 0 Å². The molecule has 0 bridgehead atoms. The minimum Gasteiger partial charge on any atom is -0.267 e. The molecule has 1 unspecified atom stereocenters. The molecule has 22 heavy (non-hydrogen) atoms. The molecule has 4 heteroatoms. The fourth-order valence-electron chi connectivity index (χ4n) is 2.25. The summed E-state index contributed by atoms with van der Waals surface area (Å²) in [5, 5.41) is 0. The highest BCUT2D eigenvalue weighted by Crippen LogP contribution is 2.11. The third-order valence-corrected chi connectivity index (χ3v) is 4.80. The molecule has 2 aromatic carbocycles. The van der Waals surface area contributed by atoms with E-state index in [4.69, 9.17) is 4.18 Å². The van der Waals surface area contributed by atoms with Gasteiger partial charge in [-0.25, -0.2) is 0 Å². The molecule has 2 rings (SSSR count). The van der Waals surface area contributed by atoms with Crippen LogP contribution < -0.4 is 0 Å². The summed E-state index contributed by atoms with van der Waals surface area (Å²) in [6.45, 7) is 1.81. The zero-order valence-corrected chi connectivity index (χ0v) is 13.6. The number of rotatable bonds is 8. The van der Waals surface area contributed by atoms with Gasteiger partial charge in [0.1, 0.15) is 0 Å². The van der Waals surface area contributed by atoms with Gasteiger partial charge in [0, 0.05) is 0 Å². The maximum Gasteiger partial charge on any atom is 0.267 e. The topological polar surface area (TPSA) is 43.4 Å². The molecule has 0 N–H and O–H groups in total. The van der Waals surface area contributed by atoms with Crippen LogP contribution in [0.5, 0.6) is 0 Å². The normalized spacial score (nSPS) is 13.0. The maximum absolute atomic E-state index is 12.0. The number of hydrogen-bond donors (Lipinski definition) is 0. The van der Waals surface area contributed by atoms with Crippen LogP contribution in [0.4, 0.5) is 0 Å². The lowest BCUT2D eigenvalue weighted by atomic mass is 10.1. The molecule has 0 fully saturated rings. The van der Waals surface area contributed by atoms with Gasteiger partial charge in [-0.2, -0.15) is 8.42 Å². The van der Waals surface area contributed by atoms with Gasteiger partial charge in [-0.05, 0) is 37.3 Å². The highest BCUT2D eigenvalue weighted by Gasteiger charge is 2.16. The van der Waals surface area contributed by atoms with Crippen molar-refractivity contribution < 1.29 is 12.6 Å². The smallest absolute Gasteiger partial charge is 0.267 e. The Kier molecular flexibility index (Phi) is 6.16. The lowest BCUT2D eigenvalue weighted by Crippen LogP contribution is -2.19. The Balaban J connectivity index is 1.78. The molecule has 0 saturated carbocycles. The van der Waals surface area contributed by atoms with Crippen LogP contribution in [0.3, 0.4) is 0 Å². The average molecular weight is 318 g/mol. The predicted octanol–water partition coefficient (Wildman–Crippen LogP) is 3.60. The van der Waals surface area contributed by atoms with Gasteiger partial charge in [0.25, 0.3) is 10.1 Å². The van der Waals surface area contributed by atoms with E-state index in [1.165, 1.54) is 5.56 Å². The van der Waals surface area contributed by atoms with E-state index in [9.17, 15) is 8.42 Å². The Labute approximate surface area is 133 Å². The average Bonchev–Trinajstić information content (AvgIpc) is 2.53. The predicted molar refractivity (Wildman–Crippen MR) is 89.2 cm³/mol. The molecule has 0 aliphatic heterocycles. The second kappa shape index (κ2) is 8.11. The molecule has 0 amide bonds. The second-order valence-electron chi connectivity index (χ2n) is 5.43. The van der Waals surface area contributed by atoms with E-state index in [0.717, 1.165) is 12.0 Å². The van der Waals surface area contributed by atoms with Crippen molar-refractivity contribution in [2.45, 2.75) is 32.3 Å². The van der Waals surface area contributed by atoms with Gasteiger partial charge >= 0.3 is 0 Å². The van der Waals surface area contributed by atoms with Crippen molar-refractivity contribution in [3.8, 4) is 0 Å². The molecular weight excluding hydrogens is 296 g/mol. The van der Waals surface area contributed by atoms with Crippen molar-refractivity contribution in [1.29, 1.82) is 0 Å². The molecule has 0 aliphatic rings. The molecule has 0 spiro atoms. The molecular formula is C18H22O3S. The van der Waals surface area contributed by atoms with Crippen molar-refractivity contribution in [2.75, 3.05) is 5.75 Å². The molecule has 1 atom stereocenters. The first kappa shape index (κ1) is 16.7. The van der Waals surface area contributed by atoms with Gasteiger partial charge in [0.15, 0.2) is 0 Å². The SMILES string of the molecule is CC(CCc1ccccc1)OS(=O)(=O)CCc1ccccc1. The standard InChI is InChI=1S/C18H22O3S/c1-16(12-13-17-8-4-2-5-9-17)21-22(19,20)15-14-18-10-6-3-7-11-18/h2-11,16H,12-15H2,1H3. The summed E-state index contributed by atoms with van der Waals surface area (Å²) in [6.07, 6.45) is 1.68. The van der Waals surface area contributed by atoms with Crippen molar-refractivity contribution in [1.82, 2.24) is 0 Å². The van der Waals surface area contributed by atoms with E-state index in [1.54, 1.807) is 0 Å². The number of aryl methyl sites for hydroxylation is 2. The first-order chi connectivity index (χ1) is 10.6. The van der Waals surface area contributed by atoms with Gasteiger partial charge in [-0.3, -0.25) is 4.18 Å². The molecule has 0 aliphatic carbocycles. The van der Waals surface area contributed by atoms with E-state index in [1.807, 2.05) is 67.6 Å². The van der Waals surface area contributed by atoms with Crippen LogP contribution in [0.2, 0.25) is 0 Å². The van der Waals surface area contributed by atoms with E-state index in [-0.39, 0.29) is 11.9 Å². The minimum atomic E-state index is -3.48. The molecule has 0 heterocycles. The summed E-state index contributed by atoms with van der Waals surface area (Å²) in [5.74, 6) is 0.0205. The summed E-state index contributed by atoms with van der Waals surface area (Å²) < 4.78 is 29.3. The quantitative estimate of drug-likeness (QED) is 0.699. The summed E-state index contributed by atoms with van der Waals surface area (Å²) in [6, 6.07) is 19.6. The first-order valence-corrected chi connectivity index (χ1v) is 9.12. The maximum atomic E-state index is 12.0. The van der Waals surface area contributed by atoms with Gasteiger partial charge in [-0.1, -0.05) is 60.7 Å². The molecule has 0 radical (unpaired) electrons. The van der Waals surface area contributed by atoms with E-state index in [2.05, 4.69) is 0 Å². The van der Waals surface area contributed by atoms with E-state index in [0.29, 0.717) is 12.8 Å². The van der Waals surface area contributed by atoms with Gasteiger partial charge < -0.3 is 0 Å². The lowest BCUT2D eigenvalue weighted by Gasteiger charge is -2.13. The zero-order valence-electron chi connectivity index (χ0n) is 12.8. The van der Waals surface area contributed by atoms with Crippen LogP contribution in [0.25, 0.3) is 0 Å². The summed E-state index contributed by atoms with van der Waals surface area (Å²) in [5.41, 5.74) is 2.20. The van der Waals surface area contributed by atoms with Crippen LogP contribution in [-0.2, 0) is 27.1 Å². The van der Waals surface area contributed by atoms with Crippen LogP contribution in [0.1, 0.15) is 24.5 Å². The van der Waals surface area contributed by atoms with Gasteiger partial charge in [0.2, 0.25) is 0 Å². The summed E-state index contributed by atoms with van der Waals surface area (Å²) >= 11 is 0. The van der Waals surface area contributed by atoms with Crippen LogP contribution >= 0.6 is 0 Å². The zero-order chi connectivity index (χ0) is 15.8. The Hall–Kier alpha value is -1.65. The first-order valence-electron chi connectivity index (χ1n) is 7.54. The van der Waals surface area contributed by atoms with Gasteiger partial charge in [0.05, 0.1) is 11.9 Å². The monoisotopic (exact) mass is 318 g/mol. The fraction of sp³-hybridized carbons (Fsp3) is 0.333. The fourth-order valence-corrected chi connectivity index (χ4v) is 3.43. The third-order valence-electron chi connectivity index (χ3n) is 3.48. The molecule has 0 aromatic heterocycles. The molecule has 118 valence electrons. The Bertz CT molecular complexity index is 651. The van der Waals surface area contributed by atoms with E-state index >= 15 is 0 Å². The molecule has 3 nitrogen and oxygen atoms in total. The van der Waals surface area contributed by atoms with E-state index < -0.39 is 10.1 Å². The molecule has 0 saturated heterocycles.